The Labute approximate surface area is 124 Å². The number of aromatic nitrogens is 2. The van der Waals surface area contributed by atoms with Gasteiger partial charge in [0.2, 0.25) is 0 Å². The Kier molecular flexibility index (Phi) is 2.67. The zero-order valence-corrected chi connectivity index (χ0v) is 11.8. The number of imide groups is 1. The zero-order valence-electron chi connectivity index (χ0n) is 11.8. The van der Waals surface area contributed by atoms with Crippen molar-refractivity contribution in [2.75, 3.05) is 0 Å². The molecule has 0 aromatic carbocycles. The highest BCUT2D eigenvalue weighted by Gasteiger charge is 2.32. The third kappa shape index (κ3) is 1.79. The van der Waals surface area contributed by atoms with Gasteiger partial charge >= 0.3 is 0 Å². The van der Waals surface area contributed by atoms with Gasteiger partial charge in [-0.1, -0.05) is 0 Å². The number of carbonyl (C=O) groups excluding carboxylic acids is 2. The summed E-state index contributed by atoms with van der Waals surface area (Å²) in [5.41, 5.74) is 0.911. The Morgan fingerprint density at radius 2 is 2.05 bits per heavy atom. The lowest BCUT2D eigenvalue weighted by Gasteiger charge is -2.13. The molecule has 7 nitrogen and oxygen atoms in total. The number of nitrogens with one attached hydrogen (secondary N) is 2. The van der Waals surface area contributed by atoms with Gasteiger partial charge in [0.25, 0.3) is 11.8 Å². The average Bonchev–Trinajstić information content (AvgIpc) is 3.03. The Morgan fingerprint density at radius 1 is 1.23 bits per heavy atom. The monoisotopic (exact) mass is 299 g/mol. The van der Waals surface area contributed by atoms with Gasteiger partial charge in [0.1, 0.15) is 5.69 Å². The molecular weight excluding hydrogens is 286 g/mol. The Bertz CT molecular complexity index is 886. The van der Waals surface area contributed by atoms with E-state index in [1.165, 1.54) is 12.3 Å². The van der Waals surface area contributed by atoms with E-state index < -0.39 is 11.8 Å². The molecule has 112 valence electrons. The lowest BCUT2D eigenvalue weighted by molar-refractivity contribution is 0.0531. The van der Waals surface area contributed by atoms with Crippen LogP contribution in [0.15, 0.2) is 17.1 Å². The van der Waals surface area contributed by atoms with E-state index in [0.717, 1.165) is 12.8 Å². The number of H-pyrrole nitrogens is 1. The van der Waals surface area contributed by atoms with E-state index in [1.807, 2.05) is 6.92 Å². The lowest BCUT2D eigenvalue weighted by atomic mass is 10.1. The fraction of sp³-hybridized carbons (Fsp3) is 0.333. The summed E-state index contributed by atoms with van der Waals surface area (Å²) in [4.78, 5) is 43.0. The maximum absolute atomic E-state index is 12.3. The van der Waals surface area contributed by atoms with Gasteiger partial charge in [0, 0.05) is 18.0 Å². The summed E-state index contributed by atoms with van der Waals surface area (Å²) in [6, 6.07) is 1.48. The molecule has 1 unspecified atom stereocenters. The molecule has 1 fully saturated rings. The summed E-state index contributed by atoms with van der Waals surface area (Å²) in [6.07, 6.45) is 2.99. The third-order valence-electron chi connectivity index (χ3n) is 4.15. The van der Waals surface area contributed by atoms with Crippen LogP contribution < -0.4 is 10.7 Å². The van der Waals surface area contributed by atoms with Gasteiger partial charge in [-0.3, -0.25) is 19.7 Å². The van der Waals surface area contributed by atoms with Crippen LogP contribution >= 0.6 is 0 Å². The molecular formula is C15H13N3O4. The van der Waals surface area contributed by atoms with Crippen molar-refractivity contribution in [2.24, 2.45) is 0 Å². The molecule has 0 saturated carbocycles. The predicted molar refractivity (Wildman–Crippen MR) is 76.7 cm³/mol. The maximum Gasteiger partial charge on any atom is 0.277 e. The summed E-state index contributed by atoms with van der Waals surface area (Å²) < 4.78 is 5.77. The minimum atomic E-state index is -0.543. The van der Waals surface area contributed by atoms with Gasteiger partial charge in [-0.05, 0) is 19.8 Å². The molecule has 0 radical (unpaired) electrons. The predicted octanol–water partition coefficient (Wildman–Crippen LogP) is 1.05. The first-order valence-corrected chi connectivity index (χ1v) is 7.11. The first kappa shape index (κ1) is 13.1. The number of hydrogen-bond donors (Lipinski definition) is 2. The summed E-state index contributed by atoms with van der Waals surface area (Å²) in [5.74, 6) is -1.08. The van der Waals surface area contributed by atoms with Gasteiger partial charge in [0.05, 0.1) is 28.7 Å². The summed E-state index contributed by atoms with van der Waals surface area (Å²) in [6.45, 7) is 1.98. The highest BCUT2D eigenvalue weighted by molar-refractivity contribution is 6.24. The van der Waals surface area contributed by atoms with Crippen LogP contribution in [0.2, 0.25) is 0 Å². The summed E-state index contributed by atoms with van der Waals surface area (Å²) >= 11 is 0. The molecule has 2 aliphatic rings. The molecule has 2 aliphatic heterocycles. The van der Waals surface area contributed by atoms with Crippen molar-refractivity contribution in [2.45, 2.75) is 32.0 Å². The van der Waals surface area contributed by atoms with Crippen molar-refractivity contribution in [3.63, 3.8) is 0 Å². The molecule has 2 aromatic rings. The van der Waals surface area contributed by atoms with Crippen molar-refractivity contribution in [1.29, 1.82) is 0 Å². The Morgan fingerprint density at radius 3 is 2.77 bits per heavy atom. The molecule has 2 N–H and O–H groups in total. The topological polar surface area (TPSA) is 101 Å². The highest BCUT2D eigenvalue weighted by atomic mass is 16.5. The van der Waals surface area contributed by atoms with E-state index in [-0.39, 0.29) is 28.9 Å². The van der Waals surface area contributed by atoms with Gasteiger partial charge < -0.3 is 9.72 Å². The Balaban J connectivity index is 1.97. The molecule has 2 atom stereocenters. The Hall–Kier alpha value is -2.54. The van der Waals surface area contributed by atoms with Crippen LogP contribution in [0, 0.1) is 0 Å². The number of ether oxygens (including phenoxy) is 1. The molecule has 22 heavy (non-hydrogen) atoms. The number of carbonyl (C=O) groups is 2. The van der Waals surface area contributed by atoms with Crippen molar-refractivity contribution < 1.29 is 14.3 Å². The number of fused-ring (bicyclic) bond motifs is 3. The fourth-order valence-corrected chi connectivity index (χ4v) is 3.05. The third-order valence-corrected chi connectivity index (χ3v) is 4.15. The van der Waals surface area contributed by atoms with Gasteiger partial charge in [-0.25, -0.2) is 4.98 Å². The lowest BCUT2D eigenvalue weighted by Crippen LogP contribution is -2.20. The van der Waals surface area contributed by atoms with Crippen molar-refractivity contribution in [3.8, 4) is 0 Å². The largest absolute Gasteiger partial charge is 0.369 e. The van der Waals surface area contributed by atoms with Crippen LogP contribution in [0.3, 0.4) is 0 Å². The zero-order chi connectivity index (χ0) is 15.4. The normalized spacial score (nSPS) is 23.9. The van der Waals surface area contributed by atoms with E-state index in [1.54, 1.807) is 0 Å². The van der Waals surface area contributed by atoms with E-state index >= 15 is 0 Å². The number of amides is 2. The molecule has 0 bridgehead atoms. The number of hydrogen-bond acceptors (Lipinski definition) is 5. The van der Waals surface area contributed by atoms with Crippen LogP contribution in [0.5, 0.6) is 0 Å². The maximum atomic E-state index is 12.3. The molecule has 2 aromatic heterocycles. The van der Waals surface area contributed by atoms with Crippen molar-refractivity contribution in [3.05, 3.63) is 39.4 Å². The van der Waals surface area contributed by atoms with E-state index in [0.29, 0.717) is 16.6 Å². The molecule has 7 heteroatoms. The first-order valence-electron chi connectivity index (χ1n) is 7.11. The fourth-order valence-electron chi connectivity index (χ4n) is 3.05. The first-order chi connectivity index (χ1) is 10.5. The smallest absolute Gasteiger partial charge is 0.277 e. The standard InChI is InChI=1S/C15H13N3O4/c1-6-2-3-10(22-6)8-4-9(19)7-5-16-13-11(12(7)17-8)14(20)18-15(13)21/h4-6,10H,2-3H2,1H3,(H,17,19)(H,18,20,21)/t6-,10?/m1/s1. The van der Waals surface area contributed by atoms with Crippen LogP contribution in [0.1, 0.15) is 52.4 Å². The number of nitrogens with zero attached hydrogens (tertiary/aromatic N) is 1. The number of rotatable bonds is 1. The average molecular weight is 299 g/mol. The van der Waals surface area contributed by atoms with E-state index in [4.69, 9.17) is 4.74 Å². The van der Waals surface area contributed by atoms with Gasteiger partial charge in [-0.15, -0.1) is 0 Å². The van der Waals surface area contributed by atoms with Crippen molar-refractivity contribution >= 4 is 22.7 Å². The summed E-state index contributed by atoms with van der Waals surface area (Å²) in [5, 5.41) is 2.49. The minimum Gasteiger partial charge on any atom is -0.369 e. The number of pyridine rings is 2. The number of aromatic amines is 1. The molecule has 2 amide bonds. The van der Waals surface area contributed by atoms with E-state index in [2.05, 4.69) is 15.3 Å². The molecule has 4 rings (SSSR count). The molecule has 0 spiro atoms. The summed E-state index contributed by atoms with van der Waals surface area (Å²) in [7, 11) is 0. The second-order valence-corrected chi connectivity index (χ2v) is 5.66. The molecule has 4 heterocycles. The van der Waals surface area contributed by atoms with Gasteiger partial charge in [0.15, 0.2) is 5.43 Å². The van der Waals surface area contributed by atoms with Crippen LogP contribution in [-0.2, 0) is 4.74 Å². The van der Waals surface area contributed by atoms with Gasteiger partial charge in [-0.2, -0.15) is 0 Å². The molecule has 0 aliphatic carbocycles. The quantitative estimate of drug-likeness (QED) is 0.766. The van der Waals surface area contributed by atoms with Crippen LogP contribution in [0.4, 0.5) is 0 Å². The van der Waals surface area contributed by atoms with Crippen LogP contribution in [-0.4, -0.2) is 27.9 Å². The highest BCUT2D eigenvalue weighted by Crippen LogP contribution is 2.32. The SMILES string of the molecule is C[C@@H]1CCC(c2cc(=O)c3cnc4c(c3[nH]2)C(=O)NC4=O)O1. The van der Waals surface area contributed by atoms with Crippen LogP contribution in [0.25, 0.3) is 10.9 Å². The van der Waals surface area contributed by atoms with Crippen molar-refractivity contribution in [1.82, 2.24) is 15.3 Å². The van der Waals surface area contributed by atoms with E-state index in [9.17, 15) is 14.4 Å². The second-order valence-electron chi connectivity index (χ2n) is 5.66. The second kappa shape index (κ2) is 4.48. The molecule has 1 saturated heterocycles. The minimum absolute atomic E-state index is 0.0472.